The second-order valence-corrected chi connectivity index (χ2v) is 4.84. The summed E-state index contributed by atoms with van der Waals surface area (Å²) in [6, 6.07) is 6.59. The van der Waals surface area contributed by atoms with Crippen molar-refractivity contribution in [2.75, 3.05) is 13.1 Å². The number of hydrogen-bond acceptors (Lipinski definition) is 3. The monoisotopic (exact) mass is 451 g/mol. The third-order valence-electron chi connectivity index (χ3n) is 3.09. The molecule has 0 fully saturated rings. The van der Waals surface area contributed by atoms with Gasteiger partial charge in [0.05, 0.1) is 19.4 Å². The van der Waals surface area contributed by atoms with E-state index in [0.717, 1.165) is 18.2 Å². The SMILES string of the molecule is CCNC(=NCc1cc(F)ccc1F)NCC(O)c1ccco1.I. The third kappa shape index (κ3) is 6.08. The molecule has 0 amide bonds. The summed E-state index contributed by atoms with van der Waals surface area (Å²) in [5, 5.41) is 15.8. The van der Waals surface area contributed by atoms with E-state index in [-0.39, 0.29) is 42.6 Å². The van der Waals surface area contributed by atoms with Crippen LogP contribution in [0.25, 0.3) is 0 Å². The van der Waals surface area contributed by atoms with Crippen LogP contribution >= 0.6 is 24.0 Å². The number of hydrogen-bond donors (Lipinski definition) is 3. The molecule has 0 aliphatic carbocycles. The first-order valence-electron chi connectivity index (χ1n) is 7.27. The standard InChI is InChI=1S/C16H19F2N3O2.HI/c1-2-19-16(21-10-14(22)15-4-3-7-23-15)20-9-11-8-12(17)5-6-13(11)18;/h3-8,14,22H,2,9-10H2,1H3,(H2,19,20,21);1H. The zero-order valence-electron chi connectivity index (χ0n) is 13.1. The van der Waals surface area contributed by atoms with Gasteiger partial charge in [0.1, 0.15) is 23.5 Å². The number of nitrogens with one attached hydrogen (secondary N) is 2. The molecule has 3 N–H and O–H groups in total. The largest absolute Gasteiger partial charge is 0.467 e. The summed E-state index contributed by atoms with van der Waals surface area (Å²) in [6.45, 7) is 2.62. The summed E-state index contributed by atoms with van der Waals surface area (Å²) in [5.74, 6) is -0.198. The van der Waals surface area contributed by atoms with Crippen LogP contribution in [0.2, 0.25) is 0 Å². The molecule has 1 unspecified atom stereocenters. The zero-order valence-corrected chi connectivity index (χ0v) is 15.5. The molecule has 1 aromatic heterocycles. The van der Waals surface area contributed by atoms with Crippen LogP contribution in [0, 0.1) is 11.6 Å². The minimum Gasteiger partial charge on any atom is -0.467 e. The third-order valence-corrected chi connectivity index (χ3v) is 3.09. The number of aliphatic imine (C=N–C) groups is 1. The number of rotatable bonds is 6. The van der Waals surface area contributed by atoms with E-state index in [2.05, 4.69) is 15.6 Å². The Morgan fingerprint density at radius 1 is 1.29 bits per heavy atom. The van der Waals surface area contributed by atoms with Gasteiger partial charge >= 0.3 is 0 Å². The molecule has 132 valence electrons. The van der Waals surface area contributed by atoms with Gasteiger partial charge in [-0.15, -0.1) is 24.0 Å². The molecule has 5 nitrogen and oxygen atoms in total. The Kier molecular flexibility index (Phi) is 8.69. The number of guanidine groups is 1. The first-order valence-corrected chi connectivity index (χ1v) is 7.27. The van der Waals surface area contributed by atoms with Crippen LogP contribution in [-0.2, 0) is 6.54 Å². The van der Waals surface area contributed by atoms with Crippen molar-refractivity contribution in [3.63, 3.8) is 0 Å². The van der Waals surface area contributed by atoms with Crippen molar-refractivity contribution in [2.24, 2.45) is 4.99 Å². The molecule has 1 atom stereocenters. The van der Waals surface area contributed by atoms with E-state index in [0.29, 0.717) is 18.3 Å². The Morgan fingerprint density at radius 2 is 2.08 bits per heavy atom. The fourth-order valence-electron chi connectivity index (χ4n) is 1.95. The van der Waals surface area contributed by atoms with Crippen LogP contribution < -0.4 is 10.6 Å². The zero-order chi connectivity index (χ0) is 16.7. The number of nitrogens with zero attached hydrogens (tertiary/aromatic N) is 1. The topological polar surface area (TPSA) is 69.8 Å². The average molecular weight is 451 g/mol. The van der Waals surface area contributed by atoms with E-state index in [4.69, 9.17) is 4.42 Å². The van der Waals surface area contributed by atoms with Gasteiger partial charge in [0, 0.05) is 12.1 Å². The predicted octanol–water partition coefficient (Wildman–Crippen LogP) is 2.96. The number of halogens is 3. The quantitative estimate of drug-likeness (QED) is 0.359. The highest BCUT2D eigenvalue weighted by atomic mass is 127. The summed E-state index contributed by atoms with van der Waals surface area (Å²) in [6.07, 6.45) is 0.643. The van der Waals surface area contributed by atoms with Crippen molar-refractivity contribution >= 4 is 29.9 Å². The van der Waals surface area contributed by atoms with E-state index in [9.17, 15) is 13.9 Å². The van der Waals surface area contributed by atoms with Crippen LogP contribution in [0.3, 0.4) is 0 Å². The Labute approximate surface area is 156 Å². The molecule has 0 aliphatic heterocycles. The van der Waals surface area contributed by atoms with E-state index in [1.165, 1.54) is 6.26 Å². The maximum Gasteiger partial charge on any atom is 0.191 e. The molecule has 2 rings (SSSR count). The number of aliphatic hydroxyl groups excluding tert-OH is 1. The van der Waals surface area contributed by atoms with E-state index >= 15 is 0 Å². The molecule has 2 aromatic rings. The van der Waals surface area contributed by atoms with Crippen molar-refractivity contribution < 1.29 is 18.3 Å². The predicted molar refractivity (Wildman–Crippen MR) is 98.3 cm³/mol. The minimum atomic E-state index is -0.834. The highest BCUT2D eigenvalue weighted by Gasteiger charge is 2.11. The van der Waals surface area contributed by atoms with Crippen molar-refractivity contribution in [3.8, 4) is 0 Å². The van der Waals surface area contributed by atoms with Gasteiger partial charge in [-0.1, -0.05) is 0 Å². The maximum absolute atomic E-state index is 13.6. The fraction of sp³-hybridized carbons (Fsp3) is 0.312. The van der Waals surface area contributed by atoms with Gasteiger partial charge in [-0.25, -0.2) is 13.8 Å². The van der Waals surface area contributed by atoms with Gasteiger partial charge in [0.25, 0.3) is 0 Å². The van der Waals surface area contributed by atoms with Gasteiger partial charge in [0.15, 0.2) is 5.96 Å². The van der Waals surface area contributed by atoms with Gasteiger partial charge in [0.2, 0.25) is 0 Å². The van der Waals surface area contributed by atoms with Crippen molar-refractivity contribution in [2.45, 2.75) is 19.6 Å². The molecule has 1 aromatic carbocycles. The molecule has 1 heterocycles. The molecule has 0 saturated carbocycles. The second-order valence-electron chi connectivity index (χ2n) is 4.84. The lowest BCUT2D eigenvalue weighted by Gasteiger charge is -2.14. The molecule has 0 spiro atoms. The van der Waals surface area contributed by atoms with Crippen LogP contribution in [0.1, 0.15) is 24.4 Å². The minimum absolute atomic E-state index is 0. The molecular weight excluding hydrogens is 431 g/mol. The maximum atomic E-state index is 13.6. The van der Waals surface area contributed by atoms with Crippen LogP contribution in [0.4, 0.5) is 8.78 Å². The molecular formula is C16H20F2IN3O2. The van der Waals surface area contributed by atoms with Crippen LogP contribution in [-0.4, -0.2) is 24.2 Å². The second kappa shape index (κ2) is 10.2. The Balaban J connectivity index is 0.00000288. The molecule has 8 heteroatoms. The Morgan fingerprint density at radius 3 is 2.75 bits per heavy atom. The van der Waals surface area contributed by atoms with Crippen molar-refractivity contribution in [3.05, 3.63) is 59.6 Å². The lowest BCUT2D eigenvalue weighted by molar-refractivity contribution is 0.153. The van der Waals surface area contributed by atoms with Gasteiger partial charge in [-0.05, 0) is 37.3 Å². The van der Waals surface area contributed by atoms with Gasteiger partial charge in [-0.3, -0.25) is 0 Å². The van der Waals surface area contributed by atoms with Gasteiger partial charge in [-0.2, -0.15) is 0 Å². The molecule has 0 bridgehead atoms. The van der Waals surface area contributed by atoms with Crippen molar-refractivity contribution in [1.29, 1.82) is 0 Å². The number of furan rings is 1. The summed E-state index contributed by atoms with van der Waals surface area (Å²) < 4.78 is 31.8. The van der Waals surface area contributed by atoms with Crippen molar-refractivity contribution in [1.82, 2.24) is 10.6 Å². The highest BCUT2D eigenvalue weighted by molar-refractivity contribution is 14.0. The molecule has 24 heavy (non-hydrogen) atoms. The Bertz CT molecular complexity index is 651. The summed E-state index contributed by atoms with van der Waals surface area (Å²) in [7, 11) is 0. The highest BCUT2D eigenvalue weighted by Crippen LogP contribution is 2.12. The van der Waals surface area contributed by atoms with E-state index in [1.807, 2.05) is 6.92 Å². The summed E-state index contributed by atoms with van der Waals surface area (Å²) in [5.41, 5.74) is 0.161. The summed E-state index contributed by atoms with van der Waals surface area (Å²) >= 11 is 0. The van der Waals surface area contributed by atoms with Gasteiger partial charge < -0.3 is 20.2 Å². The fourth-order valence-corrected chi connectivity index (χ4v) is 1.95. The van der Waals surface area contributed by atoms with E-state index in [1.54, 1.807) is 12.1 Å². The van der Waals surface area contributed by atoms with Crippen LogP contribution in [0.5, 0.6) is 0 Å². The molecule has 0 aliphatic rings. The molecule has 0 saturated heterocycles. The summed E-state index contributed by atoms with van der Waals surface area (Å²) in [4.78, 5) is 4.18. The number of benzene rings is 1. The lowest BCUT2D eigenvalue weighted by Crippen LogP contribution is -2.39. The molecule has 0 radical (unpaired) electrons. The normalized spacial score (nSPS) is 12.4. The lowest BCUT2D eigenvalue weighted by atomic mass is 10.2. The first kappa shape index (κ1) is 20.4. The average Bonchev–Trinajstić information content (AvgIpc) is 3.07. The van der Waals surface area contributed by atoms with Crippen LogP contribution in [0.15, 0.2) is 46.0 Å². The smallest absolute Gasteiger partial charge is 0.191 e. The van der Waals surface area contributed by atoms with E-state index < -0.39 is 17.7 Å². The number of aliphatic hydroxyl groups is 1. The Hall–Kier alpha value is -1.68. The first-order chi connectivity index (χ1) is 11.1.